The molecule has 0 aliphatic heterocycles. The summed E-state index contributed by atoms with van der Waals surface area (Å²) in [6, 6.07) is 6.95. The second kappa shape index (κ2) is 5.52. The van der Waals surface area contributed by atoms with Gasteiger partial charge in [-0.1, -0.05) is 19.9 Å². The van der Waals surface area contributed by atoms with Crippen molar-refractivity contribution in [2.24, 2.45) is 5.92 Å². The maximum atomic E-state index is 3.38. The smallest absolute Gasteiger partial charge is 0.0563 e. The first-order valence-corrected chi connectivity index (χ1v) is 6.94. The van der Waals surface area contributed by atoms with Crippen LogP contribution in [0.5, 0.6) is 0 Å². The van der Waals surface area contributed by atoms with Crippen molar-refractivity contribution in [1.82, 2.24) is 9.88 Å². The number of nitrogens with zero attached hydrogens (tertiary/aromatic N) is 1. The van der Waals surface area contributed by atoms with Crippen molar-refractivity contribution < 1.29 is 0 Å². The Morgan fingerprint density at radius 2 is 2.18 bits per heavy atom. The summed E-state index contributed by atoms with van der Waals surface area (Å²) in [6.07, 6.45) is 4.42. The Hall–Kier alpha value is -1.06. The van der Waals surface area contributed by atoms with Crippen LogP contribution in [0.4, 0.5) is 0 Å². The van der Waals surface area contributed by atoms with Gasteiger partial charge in [0.1, 0.15) is 0 Å². The highest BCUT2D eigenvalue weighted by atomic mass is 32.1. The number of rotatable bonds is 5. The molecule has 0 radical (unpaired) electrons. The van der Waals surface area contributed by atoms with Gasteiger partial charge in [-0.25, -0.2) is 0 Å². The maximum Gasteiger partial charge on any atom is 0.0563 e. The standard InChI is InChI=1S/C14H20N2S/c1-11(2)14(15-3)12-6-7-16(9-12)10-13-5-4-8-17-13/h4-9,11,14-15H,10H2,1-3H3. The Labute approximate surface area is 107 Å². The molecule has 0 aromatic carbocycles. The molecular weight excluding hydrogens is 228 g/mol. The van der Waals surface area contributed by atoms with E-state index < -0.39 is 0 Å². The lowest BCUT2D eigenvalue weighted by atomic mass is 9.99. The number of nitrogens with one attached hydrogen (secondary N) is 1. The monoisotopic (exact) mass is 248 g/mol. The molecule has 1 N–H and O–H groups in total. The van der Waals surface area contributed by atoms with E-state index in [1.165, 1.54) is 10.4 Å². The van der Waals surface area contributed by atoms with Crippen LogP contribution in [-0.2, 0) is 6.54 Å². The lowest BCUT2D eigenvalue weighted by Crippen LogP contribution is -2.21. The first-order valence-electron chi connectivity index (χ1n) is 6.06. The van der Waals surface area contributed by atoms with Crippen molar-refractivity contribution in [3.05, 3.63) is 46.4 Å². The highest BCUT2D eigenvalue weighted by molar-refractivity contribution is 7.09. The zero-order valence-electron chi connectivity index (χ0n) is 10.7. The molecule has 0 amide bonds. The molecule has 1 unspecified atom stereocenters. The predicted molar refractivity (Wildman–Crippen MR) is 74.5 cm³/mol. The third-order valence-corrected chi connectivity index (χ3v) is 3.89. The largest absolute Gasteiger partial charge is 0.349 e. The summed E-state index contributed by atoms with van der Waals surface area (Å²) in [5.74, 6) is 0.609. The minimum Gasteiger partial charge on any atom is -0.349 e. The van der Waals surface area contributed by atoms with Gasteiger partial charge >= 0.3 is 0 Å². The fourth-order valence-electron chi connectivity index (χ4n) is 2.21. The highest BCUT2D eigenvalue weighted by Crippen LogP contribution is 2.22. The Balaban J connectivity index is 2.10. The van der Waals surface area contributed by atoms with Crippen molar-refractivity contribution in [3.63, 3.8) is 0 Å². The van der Waals surface area contributed by atoms with Crippen molar-refractivity contribution in [1.29, 1.82) is 0 Å². The summed E-state index contributed by atoms with van der Waals surface area (Å²) in [5, 5.41) is 5.51. The normalized spacial score (nSPS) is 13.2. The van der Waals surface area contributed by atoms with Gasteiger partial charge in [0.05, 0.1) is 6.54 Å². The number of hydrogen-bond acceptors (Lipinski definition) is 2. The Morgan fingerprint density at radius 1 is 1.35 bits per heavy atom. The van der Waals surface area contributed by atoms with Crippen molar-refractivity contribution in [3.8, 4) is 0 Å². The van der Waals surface area contributed by atoms with Crippen LogP contribution in [0, 0.1) is 5.92 Å². The van der Waals surface area contributed by atoms with Crippen LogP contribution in [0.25, 0.3) is 0 Å². The minimum atomic E-state index is 0.444. The molecule has 0 fully saturated rings. The van der Waals surface area contributed by atoms with Gasteiger partial charge in [0.2, 0.25) is 0 Å². The molecule has 0 bridgehead atoms. The molecule has 0 spiro atoms. The molecule has 2 aromatic heterocycles. The molecular formula is C14H20N2S. The maximum absolute atomic E-state index is 3.38. The summed E-state index contributed by atoms with van der Waals surface area (Å²) in [6.45, 7) is 5.47. The molecule has 2 rings (SSSR count). The minimum absolute atomic E-state index is 0.444. The lowest BCUT2D eigenvalue weighted by Gasteiger charge is -2.18. The van der Waals surface area contributed by atoms with Crippen LogP contribution in [-0.4, -0.2) is 11.6 Å². The number of hydrogen-bond donors (Lipinski definition) is 1. The van der Waals surface area contributed by atoms with E-state index in [9.17, 15) is 0 Å². The summed E-state index contributed by atoms with van der Waals surface area (Å²) >= 11 is 1.81. The van der Waals surface area contributed by atoms with Gasteiger partial charge in [-0.15, -0.1) is 11.3 Å². The number of thiophene rings is 1. The van der Waals surface area contributed by atoms with Crippen molar-refractivity contribution in [2.45, 2.75) is 26.4 Å². The average Bonchev–Trinajstić information content (AvgIpc) is 2.91. The van der Waals surface area contributed by atoms with E-state index in [1.54, 1.807) is 0 Å². The highest BCUT2D eigenvalue weighted by Gasteiger charge is 2.14. The number of aromatic nitrogens is 1. The van der Waals surface area contributed by atoms with Gasteiger partial charge < -0.3 is 9.88 Å². The topological polar surface area (TPSA) is 17.0 Å². The van der Waals surface area contributed by atoms with Crippen molar-refractivity contribution >= 4 is 11.3 Å². The second-order valence-corrected chi connectivity index (χ2v) is 5.74. The quantitative estimate of drug-likeness (QED) is 0.856. The Morgan fingerprint density at radius 3 is 2.76 bits per heavy atom. The molecule has 3 heteroatoms. The Kier molecular flexibility index (Phi) is 4.02. The van der Waals surface area contributed by atoms with E-state index in [4.69, 9.17) is 0 Å². The van der Waals surface area contributed by atoms with Gasteiger partial charge in [0.25, 0.3) is 0 Å². The van der Waals surface area contributed by atoms with Crippen LogP contribution in [0.2, 0.25) is 0 Å². The van der Waals surface area contributed by atoms with Crippen LogP contribution >= 0.6 is 11.3 Å². The van der Waals surface area contributed by atoms with Gasteiger partial charge in [-0.05, 0) is 36.0 Å². The van der Waals surface area contributed by atoms with E-state index >= 15 is 0 Å². The van der Waals surface area contributed by atoms with Crippen LogP contribution < -0.4 is 5.32 Å². The fourth-order valence-corrected chi connectivity index (χ4v) is 2.92. The zero-order chi connectivity index (χ0) is 12.3. The van der Waals surface area contributed by atoms with Crippen LogP contribution in [0.3, 0.4) is 0 Å². The third kappa shape index (κ3) is 2.99. The summed E-state index contributed by atoms with van der Waals surface area (Å²) in [7, 11) is 2.03. The molecule has 2 heterocycles. The summed E-state index contributed by atoms with van der Waals surface area (Å²) in [5.41, 5.74) is 1.37. The molecule has 2 nitrogen and oxygen atoms in total. The van der Waals surface area contributed by atoms with E-state index in [0.717, 1.165) is 6.54 Å². The molecule has 1 atom stereocenters. The van der Waals surface area contributed by atoms with Crippen LogP contribution in [0.15, 0.2) is 36.0 Å². The average molecular weight is 248 g/mol. The molecule has 17 heavy (non-hydrogen) atoms. The summed E-state index contributed by atoms with van der Waals surface area (Å²) in [4.78, 5) is 1.40. The summed E-state index contributed by atoms with van der Waals surface area (Å²) < 4.78 is 2.26. The SMILES string of the molecule is CNC(c1ccn(Cc2cccs2)c1)C(C)C. The second-order valence-electron chi connectivity index (χ2n) is 4.71. The molecule has 92 valence electrons. The zero-order valence-corrected chi connectivity index (χ0v) is 11.5. The van der Waals surface area contributed by atoms with Gasteiger partial charge in [0, 0.05) is 23.3 Å². The van der Waals surface area contributed by atoms with E-state index in [2.05, 4.69) is 59.7 Å². The van der Waals surface area contributed by atoms with Gasteiger partial charge in [-0.3, -0.25) is 0 Å². The fraction of sp³-hybridized carbons (Fsp3) is 0.429. The molecule has 0 saturated carbocycles. The molecule has 0 aliphatic carbocycles. The first-order chi connectivity index (χ1) is 8.20. The van der Waals surface area contributed by atoms with E-state index in [1.807, 2.05) is 18.4 Å². The van der Waals surface area contributed by atoms with Gasteiger partial charge in [-0.2, -0.15) is 0 Å². The molecule has 2 aromatic rings. The van der Waals surface area contributed by atoms with Crippen molar-refractivity contribution in [2.75, 3.05) is 7.05 Å². The molecule has 0 aliphatic rings. The van der Waals surface area contributed by atoms with E-state index in [-0.39, 0.29) is 0 Å². The predicted octanol–water partition coefficient (Wildman–Crippen LogP) is 3.51. The third-order valence-electron chi connectivity index (χ3n) is 3.03. The van der Waals surface area contributed by atoms with Crippen LogP contribution in [0.1, 0.15) is 30.3 Å². The lowest BCUT2D eigenvalue weighted by molar-refractivity contribution is 0.443. The first kappa shape index (κ1) is 12.4. The Bertz CT molecular complexity index is 442. The van der Waals surface area contributed by atoms with Gasteiger partial charge in [0.15, 0.2) is 0 Å². The van der Waals surface area contributed by atoms with E-state index in [0.29, 0.717) is 12.0 Å². The molecule has 0 saturated heterocycles.